The van der Waals surface area contributed by atoms with Crippen LogP contribution < -0.4 is 0 Å². The van der Waals surface area contributed by atoms with Gasteiger partial charge >= 0.3 is 5.97 Å². The first-order valence-corrected chi connectivity index (χ1v) is 6.24. The average Bonchev–Trinajstić information content (AvgIpc) is 2.66. The fourth-order valence-corrected chi connectivity index (χ4v) is 1.81. The zero-order valence-electron chi connectivity index (χ0n) is 8.12. The third-order valence-electron chi connectivity index (χ3n) is 1.86. The van der Waals surface area contributed by atoms with E-state index in [2.05, 4.69) is 10.2 Å². The van der Waals surface area contributed by atoms with Gasteiger partial charge in [-0.15, -0.1) is 21.1 Å². The number of hydrogen-bond acceptors (Lipinski definition) is 4. The number of esters is 1. The molecular weight excluding hydrogens is 212 g/mol. The van der Waals surface area contributed by atoms with Crippen LogP contribution in [0.15, 0.2) is 40.5 Å². The van der Waals surface area contributed by atoms with Gasteiger partial charge < -0.3 is 4.74 Å². The van der Waals surface area contributed by atoms with Crippen molar-refractivity contribution >= 4 is 27.6 Å². The van der Waals surface area contributed by atoms with E-state index in [1.807, 2.05) is 12.3 Å². The molecule has 1 aromatic carbocycles. The molecule has 78 valence electrons. The first-order chi connectivity index (χ1) is 7.27. The molecule has 4 nitrogen and oxygen atoms in total. The lowest BCUT2D eigenvalue weighted by Gasteiger charge is -2.07. The molecule has 1 aliphatic heterocycles. The van der Waals surface area contributed by atoms with Crippen LogP contribution in [0, 0.1) is 0 Å². The first kappa shape index (κ1) is 9.92. The highest BCUT2D eigenvalue weighted by molar-refractivity contribution is 8.39. The van der Waals surface area contributed by atoms with E-state index >= 15 is 0 Å². The molecular formula is C10H10N2O2S. The molecule has 15 heavy (non-hydrogen) atoms. The van der Waals surface area contributed by atoms with Crippen LogP contribution in [0.4, 0.5) is 0 Å². The predicted octanol–water partition coefficient (Wildman–Crippen LogP) is 1.79. The Balaban J connectivity index is 2.05. The summed E-state index contributed by atoms with van der Waals surface area (Å²) in [6.07, 6.45) is 1.93. The highest BCUT2D eigenvalue weighted by Gasteiger charge is 2.16. The number of ether oxygens (including phenoxy) is 1. The van der Waals surface area contributed by atoms with Gasteiger partial charge in [-0.3, -0.25) is 0 Å². The average molecular weight is 222 g/mol. The second-order valence-corrected chi connectivity index (χ2v) is 4.82. The van der Waals surface area contributed by atoms with Crippen molar-refractivity contribution in [3.05, 3.63) is 35.9 Å². The third kappa shape index (κ3) is 2.24. The zero-order chi connectivity index (χ0) is 10.7. The molecule has 0 bridgehead atoms. The van der Waals surface area contributed by atoms with Gasteiger partial charge in [-0.25, -0.2) is 4.79 Å². The Bertz CT molecular complexity index is 428. The molecule has 0 N–H and O–H groups in total. The van der Waals surface area contributed by atoms with Gasteiger partial charge in [0.25, 0.3) is 5.23 Å². The lowest BCUT2D eigenvalue weighted by atomic mass is 10.2. The van der Waals surface area contributed by atoms with Gasteiger partial charge in [0.15, 0.2) is 0 Å². The van der Waals surface area contributed by atoms with E-state index in [0.717, 1.165) is 0 Å². The molecule has 1 unspecified atom stereocenters. The van der Waals surface area contributed by atoms with Crippen LogP contribution in [0.2, 0.25) is 0 Å². The molecule has 0 saturated carbocycles. The number of carbonyl (C=O) groups is 1. The normalized spacial score (nSPS) is 21.1. The zero-order valence-corrected chi connectivity index (χ0v) is 9.02. The second kappa shape index (κ2) is 4.27. The smallest absolute Gasteiger partial charge is 0.345 e. The number of thiol groups is 1. The van der Waals surface area contributed by atoms with Crippen LogP contribution in [0.5, 0.6) is 0 Å². The molecule has 1 heterocycles. The number of nitrogens with zero attached hydrogens (tertiary/aromatic N) is 2. The van der Waals surface area contributed by atoms with E-state index in [0.29, 0.717) is 10.8 Å². The van der Waals surface area contributed by atoms with Crippen molar-refractivity contribution in [1.29, 1.82) is 0 Å². The van der Waals surface area contributed by atoms with Crippen LogP contribution >= 0.6 is 10.9 Å². The molecule has 0 saturated heterocycles. The van der Waals surface area contributed by atoms with Crippen molar-refractivity contribution in [3.8, 4) is 0 Å². The Labute approximate surface area is 90.0 Å². The van der Waals surface area contributed by atoms with E-state index in [-0.39, 0.29) is 5.97 Å². The van der Waals surface area contributed by atoms with Crippen molar-refractivity contribution < 1.29 is 9.53 Å². The molecule has 0 aliphatic carbocycles. The van der Waals surface area contributed by atoms with E-state index < -0.39 is 10.9 Å². The number of carbonyl (C=O) groups excluding carboxylic acids is 1. The third-order valence-corrected chi connectivity index (χ3v) is 3.10. The molecule has 1 aromatic rings. The molecule has 5 heteroatoms. The Morgan fingerprint density at radius 2 is 2.07 bits per heavy atom. The van der Waals surface area contributed by atoms with Gasteiger partial charge in [-0.2, -0.15) is 0 Å². The predicted molar refractivity (Wildman–Crippen MR) is 62.7 cm³/mol. The Hall–Kier alpha value is -1.62. The minimum absolute atomic E-state index is 0.380. The number of benzene rings is 1. The van der Waals surface area contributed by atoms with Gasteiger partial charge in [0, 0.05) is 0 Å². The van der Waals surface area contributed by atoms with E-state index in [9.17, 15) is 4.79 Å². The van der Waals surface area contributed by atoms with Gasteiger partial charge in [-0.05, 0) is 18.4 Å². The van der Waals surface area contributed by atoms with Crippen LogP contribution in [0.25, 0.3) is 0 Å². The maximum atomic E-state index is 11.6. The van der Waals surface area contributed by atoms with E-state index in [4.69, 9.17) is 4.74 Å². The molecule has 0 radical (unpaired) electrons. The van der Waals surface area contributed by atoms with Crippen molar-refractivity contribution in [2.75, 3.05) is 6.26 Å². The van der Waals surface area contributed by atoms with E-state index in [1.165, 1.54) is 0 Å². The summed E-state index contributed by atoms with van der Waals surface area (Å²) in [7, 11) is -0.636. The molecule has 0 aromatic heterocycles. The summed E-state index contributed by atoms with van der Waals surface area (Å²) in [4.78, 5) is 11.6. The summed E-state index contributed by atoms with van der Waals surface area (Å²) in [5.41, 5.74) is 2.22. The molecule has 1 atom stereocenters. The topological polar surface area (TPSA) is 51.0 Å². The summed E-state index contributed by atoms with van der Waals surface area (Å²) >= 11 is 0. The van der Waals surface area contributed by atoms with E-state index in [1.54, 1.807) is 29.8 Å². The minimum atomic E-state index is -0.636. The molecule has 1 aliphatic rings. The van der Waals surface area contributed by atoms with Crippen molar-refractivity contribution in [1.82, 2.24) is 0 Å². The summed E-state index contributed by atoms with van der Waals surface area (Å²) in [5, 5.41) is 7.88. The van der Waals surface area contributed by atoms with Gasteiger partial charge in [-0.1, -0.05) is 18.2 Å². The maximum absolute atomic E-state index is 11.6. The first-order valence-electron chi connectivity index (χ1n) is 4.38. The highest BCUT2D eigenvalue weighted by atomic mass is 32.2. The van der Waals surface area contributed by atoms with Crippen molar-refractivity contribution in [3.63, 3.8) is 0 Å². The lowest BCUT2D eigenvalue weighted by molar-refractivity contribution is 0.0723. The fraction of sp³-hybridized carbons (Fsp3) is 0.100. The number of hydrogen-bond donors (Lipinski definition) is 1. The van der Waals surface area contributed by atoms with Crippen LogP contribution in [0.1, 0.15) is 10.4 Å². The minimum Gasteiger partial charge on any atom is -0.397 e. The largest absolute Gasteiger partial charge is 0.397 e. The quantitative estimate of drug-likeness (QED) is 0.581. The monoisotopic (exact) mass is 222 g/mol. The summed E-state index contributed by atoms with van der Waals surface area (Å²) in [5.74, 6) is -0.380. The van der Waals surface area contributed by atoms with Crippen LogP contribution in [-0.4, -0.2) is 23.0 Å². The second-order valence-electron chi connectivity index (χ2n) is 2.98. The summed E-state index contributed by atoms with van der Waals surface area (Å²) in [6.45, 7) is 0. The van der Waals surface area contributed by atoms with Crippen molar-refractivity contribution in [2.45, 2.75) is 0 Å². The van der Waals surface area contributed by atoms with Crippen LogP contribution in [0.3, 0.4) is 0 Å². The summed E-state index contributed by atoms with van der Waals surface area (Å²) < 4.78 is 5.12. The molecule has 0 spiro atoms. The Morgan fingerprint density at radius 1 is 1.33 bits per heavy atom. The van der Waals surface area contributed by atoms with Gasteiger partial charge in [0.1, 0.15) is 0 Å². The molecule has 0 amide bonds. The lowest BCUT2D eigenvalue weighted by Crippen LogP contribution is -2.11. The fourth-order valence-electron chi connectivity index (χ4n) is 1.08. The van der Waals surface area contributed by atoms with Gasteiger partial charge in [0.2, 0.25) is 0 Å². The SMILES string of the molecule is C[SH]1C=NN=C1OC(=O)c1ccccc1. The maximum Gasteiger partial charge on any atom is 0.345 e. The highest BCUT2D eigenvalue weighted by Crippen LogP contribution is 2.24. The number of rotatable bonds is 1. The molecule has 0 fully saturated rings. The van der Waals surface area contributed by atoms with Crippen molar-refractivity contribution in [2.24, 2.45) is 10.2 Å². The Morgan fingerprint density at radius 3 is 2.67 bits per heavy atom. The standard InChI is InChI=1S/C10H10N2O2S/c1-15-7-11-12-10(15)14-9(13)8-5-3-2-4-6-8/h2-7,15H,1H3. The Kier molecular flexibility index (Phi) is 2.82. The summed E-state index contributed by atoms with van der Waals surface area (Å²) in [6, 6.07) is 8.84. The van der Waals surface area contributed by atoms with Gasteiger partial charge in [0.05, 0.1) is 11.1 Å². The van der Waals surface area contributed by atoms with Crippen LogP contribution in [-0.2, 0) is 4.74 Å². The molecule has 2 rings (SSSR count).